The summed E-state index contributed by atoms with van der Waals surface area (Å²) in [7, 11) is 0. The van der Waals surface area contributed by atoms with Gasteiger partial charge >= 0.3 is 5.69 Å². The van der Waals surface area contributed by atoms with Crippen LogP contribution >= 0.6 is 11.8 Å². The summed E-state index contributed by atoms with van der Waals surface area (Å²) in [6.07, 6.45) is 2.11. The van der Waals surface area contributed by atoms with Gasteiger partial charge < -0.3 is 5.73 Å². The topological polar surface area (TPSA) is 76.7 Å². The molecule has 0 saturated heterocycles. The minimum absolute atomic E-state index is 0.0319. The second-order valence-electron chi connectivity index (χ2n) is 5.67. The predicted molar refractivity (Wildman–Crippen MR) is 84.5 cm³/mol. The van der Waals surface area contributed by atoms with Crippen molar-refractivity contribution in [2.45, 2.75) is 49.2 Å². The molecule has 1 heterocycles. The Morgan fingerprint density at radius 2 is 2.14 bits per heavy atom. The Hall–Kier alpha value is -1.53. The first-order chi connectivity index (χ1) is 10.1. The highest BCUT2D eigenvalue weighted by atomic mass is 32.2. The lowest BCUT2D eigenvalue weighted by Crippen LogP contribution is -2.24. The van der Waals surface area contributed by atoms with Gasteiger partial charge in [-0.15, -0.1) is 5.10 Å². The third-order valence-electron chi connectivity index (χ3n) is 3.79. The molecule has 3 rings (SSSR count). The average Bonchev–Trinajstić information content (AvgIpc) is 3.21. The molecule has 21 heavy (non-hydrogen) atoms. The van der Waals surface area contributed by atoms with Crippen molar-refractivity contribution in [2.75, 3.05) is 0 Å². The van der Waals surface area contributed by atoms with Crippen LogP contribution in [0.3, 0.4) is 0 Å². The normalized spacial score (nSPS) is 17.7. The van der Waals surface area contributed by atoms with E-state index in [1.54, 1.807) is 16.3 Å². The largest absolute Gasteiger partial charge is 0.344 e. The Morgan fingerprint density at radius 1 is 1.43 bits per heavy atom. The Balaban J connectivity index is 1.93. The first-order valence-electron chi connectivity index (χ1n) is 7.22. The van der Waals surface area contributed by atoms with Crippen LogP contribution in [-0.2, 0) is 0 Å². The van der Waals surface area contributed by atoms with Gasteiger partial charge in [-0.2, -0.15) is 0 Å². The van der Waals surface area contributed by atoms with Crippen molar-refractivity contribution in [3.05, 3.63) is 45.9 Å². The lowest BCUT2D eigenvalue weighted by Gasteiger charge is -2.22. The molecule has 1 saturated carbocycles. The maximum absolute atomic E-state index is 11.9. The van der Waals surface area contributed by atoms with Crippen LogP contribution < -0.4 is 11.4 Å². The molecule has 0 spiro atoms. The molecule has 5 nitrogen and oxygen atoms in total. The van der Waals surface area contributed by atoms with Crippen molar-refractivity contribution in [1.82, 2.24) is 14.8 Å². The van der Waals surface area contributed by atoms with E-state index in [0.717, 1.165) is 18.0 Å². The number of aromatic nitrogens is 3. The van der Waals surface area contributed by atoms with Crippen molar-refractivity contribution >= 4 is 11.8 Å². The zero-order valence-corrected chi connectivity index (χ0v) is 13.1. The second-order valence-corrected chi connectivity index (χ2v) is 6.78. The molecule has 6 heteroatoms. The van der Waals surface area contributed by atoms with Gasteiger partial charge in [-0.25, -0.2) is 9.89 Å². The number of hydrogen-bond donors (Lipinski definition) is 2. The summed E-state index contributed by atoms with van der Waals surface area (Å²) in [5.41, 5.74) is 8.49. The molecule has 3 N–H and O–H groups in total. The van der Waals surface area contributed by atoms with Crippen molar-refractivity contribution in [3.8, 4) is 0 Å². The summed E-state index contributed by atoms with van der Waals surface area (Å²) >= 11 is 1.58. The highest BCUT2D eigenvalue weighted by molar-refractivity contribution is 7.99. The molecule has 1 aliphatic rings. The molecule has 0 radical (unpaired) electrons. The maximum atomic E-state index is 11.9. The first kappa shape index (κ1) is 14.4. The Bertz CT molecular complexity index is 687. The Labute approximate surface area is 127 Å². The van der Waals surface area contributed by atoms with E-state index in [1.165, 1.54) is 11.1 Å². The highest BCUT2D eigenvalue weighted by Gasteiger charge is 2.30. The van der Waals surface area contributed by atoms with Gasteiger partial charge in [0.1, 0.15) is 0 Å². The van der Waals surface area contributed by atoms with Crippen LogP contribution in [0.1, 0.15) is 42.2 Å². The summed E-state index contributed by atoms with van der Waals surface area (Å²) in [5, 5.41) is 7.58. The molecular weight excluding hydrogens is 284 g/mol. The maximum Gasteiger partial charge on any atom is 0.344 e. The number of H-pyrrole nitrogens is 1. The molecule has 2 unspecified atom stereocenters. The van der Waals surface area contributed by atoms with Gasteiger partial charge in [-0.3, -0.25) is 4.57 Å². The summed E-state index contributed by atoms with van der Waals surface area (Å²) in [6.45, 7) is 4.08. The molecule has 1 aliphatic carbocycles. The van der Waals surface area contributed by atoms with Crippen LogP contribution in [-0.4, -0.2) is 20.8 Å². The lowest BCUT2D eigenvalue weighted by atomic mass is 10.0. The second kappa shape index (κ2) is 5.69. The molecular formula is C15H20N4OS. The van der Waals surface area contributed by atoms with Crippen LogP contribution in [0.4, 0.5) is 0 Å². The van der Waals surface area contributed by atoms with Crippen LogP contribution in [0, 0.1) is 6.92 Å². The first-order valence-corrected chi connectivity index (χ1v) is 8.10. The Kier molecular flexibility index (Phi) is 3.91. The fourth-order valence-corrected chi connectivity index (χ4v) is 3.78. The molecule has 2 atom stereocenters. The Morgan fingerprint density at radius 3 is 2.76 bits per heavy atom. The molecule has 1 aromatic heterocycles. The van der Waals surface area contributed by atoms with E-state index in [0.29, 0.717) is 6.04 Å². The minimum Gasteiger partial charge on any atom is -0.327 e. The lowest BCUT2D eigenvalue weighted by molar-refractivity contribution is 0.636. The van der Waals surface area contributed by atoms with Crippen LogP contribution in [0.25, 0.3) is 0 Å². The van der Waals surface area contributed by atoms with Gasteiger partial charge in [0.15, 0.2) is 5.16 Å². The van der Waals surface area contributed by atoms with Gasteiger partial charge in [-0.1, -0.05) is 36.0 Å². The van der Waals surface area contributed by atoms with Gasteiger partial charge in [-0.05, 0) is 37.8 Å². The van der Waals surface area contributed by atoms with Gasteiger partial charge in [0.2, 0.25) is 0 Å². The van der Waals surface area contributed by atoms with Gasteiger partial charge in [0.05, 0.1) is 5.25 Å². The fraction of sp³-hybridized carbons (Fsp3) is 0.467. The summed E-state index contributed by atoms with van der Waals surface area (Å²) in [6, 6.07) is 8.51. The van der Waals surface area contributed by atoms with Crippen molar-refractivity contribution in [3.63, 3.8) is 0 Å². The third-order valence-corrected chi connectivity index (χ3v) is 5.22. The van der Waals surface area contributed by atoms with E-state index in [2.05, 4.69) is 29.3 Å². The number of nitrogens with zero attached hydrogens (tertiary/aromatic N) is 2. The molecule has 1 fully saturated rings. The molecule has 0 bridgehead atoms. The molecule has 1 aromatic carbocycles. The molecule has 112 valence electrons. The van der Waals surface area contributed by atoms with Crippen molar-refractivity contribution < 1.29 is 0 Å². The number of nitrogens with one attached hydrogen (secondary N) is 1. The van der Waals surface area contributed by atoms with Crippen LogP contribution in [0.2, 0.25) is 0 Å². The standard InChI is InChI=1S/C15H20N4OS/c1-9-5-3-4-6-12(9)13(10(2)16)21-15-18-17-14(20)19(15)11-7-8-11/h3-6,10-11,13H,7-8,16H2,1-2H3,(H,17,20). The van der Waals surface area contributed by atoms with E-state index >= 15 is 0 Å². The number of aromatic amines is 1. The zero-order chi connectivity index (χ0) is 15.0. The SMILES string of the molecule is Cc1ccccc1C(Sc1n[nH]c(=O)n1C1CC1)C(C)N. The van der Waals surface area contributed by atoms with Crippen molar-refractivity contribution in [2.24, 2.45) is 5.73 Å². The number of thioether (sulfide) groups is 1. The number of hydrogen-bond acceptors (Lipinski definition) is 4. The van der Waals surface area contributed by atoms with Crippen molar-refractivity contribution in [1.29, 1.82) is 0 Å². The van der Waals surface area contributed by atoms with Crippen LogP contribution in [0.5, 0.6) is 0 Å². The quantitative estimate of drug-likeness (QED) is 0.832. The zero-order valence-electron chi connectivity index (χ0n) is 12.2. The number of benzene rings is 1. The van der Waals surface area contributed by atoms with Gasteiger partial charge in [0, 0.05) is 12.1 Å². The van der Waals surface area contributed by atoms with E-state index in [-0.39, 0.29) is 17.0 Å². The molecule has 2 aromatic rings. The summed E-state index contributed by atoms with van der Waals surface area (Å²) in [5.74, 6) is 0. The van der Waals surface area contributed by atoms with E-state index < -0.39 is 0 Å². The predicted octanol–water partition coefficient (Wildman–Crippen LogP) is 2.40. The van der Waals surface area contributed by atoms with E-state index in [9.17, 15) is 4.79 Å². The summed E-state index contributed by atoms with van der Waals surface area (Å²) in [4.78, 5) is 11.9. The number of nitrogens with two attached hydrogens (primary N) is 1. The van der Waals surface area contributed by atoms with Gasteiger partial charge in [0.25, 0.3) is 0 Å². The van der Waals surface area contributed by atoms with Crippen LogP contribution in [0.15, 0.2) is 34.2 Å². The summed E-state index contributed by atoms with van der Waals surface area (Å²) < 4.78 is 1.78. The number of rotatable bonds is 5. The van der Waals surface area contributed by atoms with E-state index in [4.69, 9.17) is 5.73 Å². The average molecular weight is 304 g/mol. The highest BCUT2D eigenvalue weighted by Crippen LogP contribution is 2.41. The fourth-order valence-electron chi connectivity index (χ4n) is 2.50. The monoisotopic (exact) mass is 304 g/mol. The molecule has 0 aliphatic heterocycles. The van der Waals surface area contributed by atoms with E-state index in [1.807, 2.05) is 19.1 Å². The minimum atomic E-state index is -0.117. The number of aryl methyl sites for hydroxylation is 1. The smallest absolute Gasteiger partial charge is 0.327 e. The molecule has 0 amide bonds. The third kappa shape index (κ3) is 2.91.